The zero-order chi connectivity index (χ0) is 14.5. The van der Waals surface area contributed by atoms with Gasteiger partial charge in [-0.05, 0) is 20.3 Å². The summed E-state index contributed by atoms with van der Waals surface area (Å²) < 4.78 is 23.5. The Labute approximate surface area is 117 Å². The number of piperazine rings is 1. The van der Waals surface area contributed by atoms with Crippen LogP contribution in [0.4, 0.5) is 0 Å². The number of nitrogens with zero attached hydrogens (tertiary/aromatic N) is 2. The number of sulfone groups is 1. The molecule has 0 amide bonds. The van der Waals surface area contributed by atoms with Crippen LogP contribution in [0, 0.1) is 0 Å². The molecule has 1 fully saturated rings. The highest BCUT2D eigenvalue weighted by molar-refractivity contribution is 7.92. The van der Waals surface area contributed by atoms with Crippen molar-refractivity contribution < 1.29 is 13.5 Å². The number of aliphatic hydroxyl groups excluding tert-OH is 1. The minimum Gasteiger partial charge on any atom is -0.395 e. The first kappa shape index (κ1) is 16.9. The first-order valence-electron chi connectivity index (χ1n) is 7.19. The first-order chi connectivity index (χ1) is 8.90. The molecule has 0 bridgehead atoms. The van der Waals surface area contributed by atoms with E-state index in [1.54, 1.807) is 13.8 Å². The monoisotopic (exact) mass is 292 g/mol. The fourth-order valence-electron chi connectivity index (χ4n) is 2.35. The zero-order valence-corrected chi connectivity index (χ0v) is 13.2. The largest absolute Gasteiger partial charge is 0.395 e. The van der Waals surface area contributed by atoms with Crippen LogP contribution in [0.25, 0.3) is 0 Å². The Balaban J connectivity index is 2.35. The predicted molar refractivity (Wildman–Crippen MR) is 78.1 cm³/mol. The van der Waals surface area contributed by atoms with Crippen molar-refractivity contribution in [2.45, 2.75) is 38.5 Å². The lowest BCUT2D eigenvalue weighted by molar-refractivity contribution is 0.0660. The molecule has 0 aromatic rings. The minimum absolute atomic E-state index is 0.207. The molecule has 0 spiro atoms. The molecule has 6 heteroatoms. The van der Waals surface area contributed by atoms with Crippen LogP contribution in [0.3, 0.4) is 0 Å². The van der Waals surface area contributed by atoms with Crippen LogP contribution < -0.4 is 0 Å². The summed E-state index contributed by atoms with van der Waals surface area (Å²) in [7, 11) is -2.93. The highest BCUT2D eigenvalue weighted by Gasteiger charge is 2.24. The van der Waals surface area contributed by atoms with E-state index in [-0.39, 0.29) is 23.7 Å². The summed E-state index contributed by atoms with van der Waals surface area (Å²) in [6, 6.07) is 0.251. The highest BCUT2D eigenvalue weighted by atomic mass is 32.2. The molecule has 5 nitrogen and oxygen atoms in total. The van der Waals surface area contributed by atoms with E-state index in [0.717, 1.165) is 32.6 Å². The van der Waals surface area contributed by atoms with Crippen LogP contribution in [0.15, 0.2) is 0 Å². The number of rotatable bonds is 7. The summed E-state index contributed by atoms with van der Waals surface area (Å²) in [6.07, 6.45) is 0.957. The molecular formula is C13H28N2O3S. The first-order valence-corrected chi connectivity index (χ1v) is 8.91. The average molecular weight is 292 g/mol. The Morgan fingerprint density at radius 2 is 1.74 bits per heavy atom. The normalized spacial score (nSPS) is 20.9. The van der Waals surface area contributed by atoms with Gasteiger partial charge in [-0.25, -0.2) is 8.42 Å². The van der Waals surface area contributed by atoms with Crippen LogP contribution in [-0.4, -0.2) is 79.7 Å². The SMILES string of the molecule is CCC(CO)N1CCN(CCS(=O)(=O)C(C)C)CC1. The number of hydrogen-bond acceptors (Lipinski definition) is 5. The molecule has 1 unspecified atom stereocenters. The maximum atomic E-state index is 11.8. The van der Waals surface area contributed by atoms with Gasteiger partial charge in [0.05, 0.1) is 17.6 Å². The molecule has 0 aromatic carbocycles. The third kappa shape index (κ3) is 5.02. The van der Waals surface area contributed by atoms with Crippen molar-refractivity contribution in [1.29, 1.82) is 0 Å². The Hall–Kier alpha value is -0.170. The highest BCUT2D eigenvalue weighted by Crippen LogP contribution is 2.10. The lowest BCUT2D eigenvalue weighted by Crippen LogP contribution is -2.52. The van der Waals surface area contributed by atoms with E-state index >= 15 is 0 Å². The minimum atomic E-state index is -2.93. The Morgan fingerprint density at radius 3 is 2.16 bits per heavy atom. The van der Waals surface area contributed by atoms with Crippen LogP contribution in [0.5, 0.6) is 0 Å². The van der Waals surface area contributed by atoms with Gasteiger partial charge in [-0.15, -0.1) is 0 Å². The van der Waals surface area contributed by atoms with Gasteiger partial charge in [0.25, 0.3) is 0 Å². The maximum absolute atomic E-state index is 11.8. The molecule has 1 rings (SSSR count). The summed E-state index contributed by atoms with van der Waals surface area (Å²) in [5, 5.41) is 9.00. The maximum Gasteiger partial charge on any atom is 0.153 e. The predicted octanol–water partition coefficient (Wildman–Crippen LogP) is 0.198. The van der Waals surface area contributed by atoms with E-state index in [2.05, 4.69) is 16.7 Å². The van der Waals surface area contributed by atoms with Crippen LogP contribution in [0.2, 0.25) is 0 Å². The summed E-state index contributed by atoms with van der Waals surface area (Å²) in [4.78, 5) is 4.51. The molecular weight excluding hydrogens is 264 g/mol. The van der Waals surface area contributed by atoms with Gasteiger partial charge in [-0.3, -0.25) is 9.80 Å². The van der Waals surface area contributed by atoms with Crippen molar-refractivity contribution in [1.82, 2.24) is 9.80 Å². The summed E-state index contributed by atoms with van der Waals surface area (Å²) in [5.41, 5.74) is 0. The standard InChI is InChI=1S/C13H28N2O3S/c1-4-13(11-16)15-7-5-14(6-8-15)9-10-19(17,18)12(2)3/h12-13,16H,4-11H2,1-3H3. The van der Waals surface area contributed by atoms with Gasteiger partial charge < -0.3 is 5.11 Å². The molecule has 0 aliphatic carbocycles. The zero-order valence-electron chi connectivity index (χ0n) is 12.4. The van der Waals surface area contributed by atoms with Gasteiger partial charge in [0.2, 0.25) is 0 Å². The van der Waals surface area contributed by atoms with Crippen molar-refractivity contribution in [2.24, 2.45) is 0 Å². The van der Waals surface area contributed by atoms with Gasteiger partial charge in [0.1, 0.15) is 0 Å². The van der Waals surface area contributed by atoms with Gasteiger partial charge in [-0.1, -0.05) is 6.92 Å². The lowest BCUT2D eigenvalue weighted by atomic mass is 10.1. The molecule has 1 aliphatic heterocycles. The molecule has 0 radical (unpaired) electrons. The summed E-state index contributed by atoms with van der Waals surface area (Å²) >= 11 is 0. The second-order valence-corrected chi connectivity index (χ2v) is 8.21. The molecule has 1 saturated heterocycles. The summed E-state index contributed by atoms with van der Waals surface area (Å²) in [6.45, 7) is 10.0. The molecule has 0 aromatic heterocycles. The van der Waals surface area contributed by atoms with Crippen LogP contribution in [0.1, 0.15) is 27.2 Å². The van der Waals surface area contributed by atoms with Crippen LogP contribution in [-0.2, 0) is 9.84 Å². The van der Waals surface area contributed by atoms with E-state index in [0.29, 0.717) is 6.54 Å². The number of aliphatic hydroxyl groups is 1. The van der Waals surface area contributed by atoms with Crippen molar-refractivity contribution >= 4 is 9.84 Å². The van der Waals surface area contributed by atoms with Gasteiger partial charge in [0.15, 0.2) is 9.84 Å². The molecule has 1 aliphatic rings. The molecule has 114 valence electrons. The average Bonchev–Trinajstić information content (AvgIpc) is 2.39. The van der Waals surface area contributed by atoms with E-state index in [9.17, 15) is 13.5 Å². The Kier molecular flexibility index (Phi) is 6.73. The molecule has 1 atom stereocenters. The number of hydrogen-bond donors (Lipinski definition) is 1. The molecule has 19 heavy (non-hydrogen) atoms. The quantitative estimate of drug-likeness (QED) is 0.726. The van der Waals surface area contributed by atoms with E-state index in [1.807, 2.05) is 0 Å². The van der Waals surface area contributed by atoms with Crippen molar-refractivity contribution in [3.8, 4) is 0 Å². The van der Waals surface area contributed by atoms with Crippen molar-refractivity contribution in [3.05, 3.63) is 0 Å². The van der Waals surface area contributed by atoms with E-state index < -0.39 is 9.84 Å². The van der Waals surface area contributed by atoms with E-state index in [4.69, 9.17) is 0 Å². The van der Waals surface area contributed by atoms with Gasteiger partial charge in [0, 0.05) is 38.8 Å². The third-order valence-electron chi connectivity index (χ3n) is 4.02. The fraction of sp³-hybridized carbons (Fsp3) is 1.00. The van der Waals surface area contributed by atoms with Gasteiger partial charge >= 0.3 is 0 Å². The van der Waals surface area contributed by atoms with Crippen molar-refractivity contribution in [2.75, 3.05) is 45.1 Å². The topological polar surface area (TPSA) is 60.9 Å². The molecule has 1 N–H and O–H groups in total. The smallest absolute Gasteiger partial charge is 0.153 e. The second-order valence-electron chi connectivity index (χ2n) is 5.54. The van der Waals surface area contributed by atoms with E-state index in [1.165, 1.54) is 0 Å². The molecule has 0 saturated carbocycles. The Morgan fingerprint density at radius 1 is 1.16 bits per heavy atom. The molecule has 1 heterocycles. The summed E-state index contributed by atoms with van der Waals surface area (Å²) in [5.74, 6) is 0.252. The van der Waals surface area contributed by atoms with Crippen LogP contribution >= 0.6 is 0 Å². The Bertz CT molecular complexity index is 345. The second kappa shape index (κ2) is 7.57. The third-order valence-corrected chi connectivity index (χ3v) is 6.20. The lowest BCUT2D eigenvalue weighted by Gasteiger charge is -2.38. The fourth-order valence-corrected chi connectivity index (χ4v) is 3.33. The van der Waals surface area contributed by atoms with Crippen molar-refractivity contribution in [3.63, 3.8) is 0 Å². The van der Waals surface area contributed by atoms with Gasteiger partial charge in [-0.2, -0.15) is 0 Å².